The van der Waals surface area contributed by atoms with Crippen molar-refractivity contribution in [1.82, 2.24) is 4.90 Å². The highest BCUT2D eigenvalue weighted by Crippen LogP contribution is 2.31. The van der Waals surface area contributed by atoms with Crippen LogP contribution >= 0.6 is 0 Å². The van der Waals surface area contributed by atoms with Crippen molar-refractivity contribution in [2.24, 2.45) is 0 Å². The Bertz CT molecular complexity index is 808. The van der Waals surface area contributed by atoms with Crippen LogP contribution in [0, 0.1) is 15.9 Å². The predicted octanol–water partition coefficient (Wildman–Crippen LogP) is 3.64. The summed E-state index contributed by atoms with van der Waals surface area (Å²) in [6, 6.07) is 10.7. The van der Waals surface area contributed by atoms with Crippen LogP contribution in [0.4, 0.5) is 15.8 Å². The van der Waals surface area contributed by atoms with Crippen LogP contribution < -0.4 is 5.32 Å². The molecule has 1 aliphatic rings. The molecule has 1 aliphatic heterocycles. The molecule has 2 aromatic rings. The maximum atomic E-state index is 13.6. The molecule has 1 amide bonds. The van der Waals surface area contributed by atoms with E-state index in [1.807, 2.05) is 0 Å². The van der Waals surface area contributed by atoms with E-state index in [0.717, 1.165) is 16.8 Å². The van der Waals surface area contributed by atoms with Gasteiger partial charge in [0.1, 0.15) is 5.82 Å². The van der Waals surface area contributed by atoms with E-state index in [1.54, 1.807) is 23.1 Å². The Morgan fingerprint density at radius 3 is 2.64 bits per heavy atom. The molecular formula is C18H18FN3O3. The second-order valence-corrected chi connectivity index (χ2v) is 6.07. The predicted molar refractivity (Wildman–Crippen MR) is 91.6 cm³/mol. The number of benzene rings is 2. The molecule has 0 spiro atoms. The normalized spacial score (nSPS) is 16.7. The SMILES string of the molecule is CC(=O)N1CCC(Nc2ccc([N+](=O)[O-])cc2)c2ccc(F)cc2C1. The largest absolute Gasteiger partial charge is 0.378 e. The average Bonchev–Trinajstić information content (AvgIpc) is 2.75. The Balaban J connectivity index is 1.88. The molecule has 0 bridgehead atoms. The minimum atomic E-state index is -0.446. The fourth-order valence-corrected chi connectivity index (χ4v) is 3.08. The number of hydrogen-bond acceptors (Lipinski definition) is 4. The van der Waals surface area contributed by atoms with Crippen LogP contribution in [0.3, 0.4) is 0 Å². The molecule has 0 radical (unpaired) electrons. The monoisotopic (exact) mass is 343 g/mol. The standard InChI is InChI=1S/C18H18FN3O3/c1-12(23)21-9-8-18(17-7-2-14(19)10-13(17)11-21)20-15-3-5-16(6-4-15)22(24)25/h2-7,10,18,20H,8-9,11H2,1H3. The average molecular weight is 343 g/mol. The Morgan fingerprint density at radius 2 is 2.00 bits per heavy atom. The lowest BCUT2D eigenvalue weighted by Gasteiger charge is -2.20. The number of nitro groups is 1. The molecule has 1 atom stereocenters. The summed E-state index contributed by atoms with van der Waals surface area (Å²) in [4.78, 5) is 23.8. The third kappa shape index (κ3) is 3.76. The van der Waals surface area contributed by atoms with Crippen molar-refractivity contribution in [2.45, 2.75) is 25.9 Å². The zero-order valence-corrected chi connectivity index (χ0v) is 13.7. The lowest BCUT2D eigenvalue weighted by Crippen LogP contribution is -2.28. The van der Waals surface area contributed by atoms with Gasteiger partial charge in [-0.2, -0.15) is 0 Å². The molecule has 0 aromatic heterocycles. The second-order valence-electron chi connectivity index (χ2n) is 6.07. The highest BCUT2D eigenvalue weighted by atomic mass is 19.1. The van der Waals surface area contributed by atoms with E-state index in [-0.39, 0.29) is 23.5 Å². The minimum absolute atomic E-state index is 0.0247. The van der Waals surface area contributed by atoms with Crippen molar-refractivity contribution in [3.63, 3.8) is 0 Å². The van der Waals surface area contributed by atoms with Crippen LogP contribution in [0.1, 0.15) is 30.5 Å². The summed E-state index contributed by atoms with van der Waals surface area (Å²) in [7, 11) is 0. The smallest absolute Gasteiger partial charge is 0.269 e. The summed E-state index contributed by atoms with van der Waals surface area (Å²) < 4.78 is 13.6. The molecule has 1 unspecified atom stereocenters. The van der Waals surface area contributed by atoms with E-state index >= 15 is 0 Å². The summed E-state index contributed by atoms with van der Waals surface area (Å²) >= 11 is 0. The number of nitrogens with one attached hydrogen (secondary N) is 1. The molecule has 1 heterocycles. The number of non-ortho nitro benzene ring substituents is 1. The van der Waals surface area contributed by atoms with Crippen LogP contribution in [0.2, 0.25) is 0 Å². The van der Waals surface area contributed by atoms with E-state index in [4.69, 9.17) is 0 Å². The summed E-state index contributed by atoms with van der Waals surface area (Å²) in [6.45, 7) is 2.43. The quantitative estimate of drug-likeness (QED) is 0.682. The van der Waals surface area contributed by atoms with Crippen LogP contribution in [0.25, 0.3) is 0 Å². The molecule has 0 saturated heterocycles. The molecule has 6 nitrogen and oxygen atoms in total. The summed E-state index contributed by atoms with van der Waals surface area (Å²) in [5.41, 5.74) is 2.47. The highest BCUT2D eigenvalue weighted by Gasteiger charge is 2.24. The summed E-state index contributed by atoms with van der Waals surface area (Å²) in [5.74, 6) is -0.385. The number of carbonyl (C=O) groups excluding carboxylic acids is 1. The van der Waals surface area contributed by atoms with Gasteiger partial charge in [0, 0.05) is 37.8 Å². The van der Waals surface area contributed by atoms with Gasteiger partial charge in [-0.1, -0.05) is 6.07 Å². The molecule has 0 fully saturated rings. The van der Waals surface area contributed by atoms with Crippen molar-refractivity contribution in [1.29, 1.82) is 0 Å². The van der Waals surface area contributed by atoms with Crippen molar-refractivity contribution >= 4 is 17.3 Å². The molecular weight excluding hydrogens is 325 g/mol. The number of halogens is 1. The third-order valence-corrected chi connectivity index (χ3v) is 4.39. The zero-order valence-electron chi connectivity index (χ0n) is 13.7. The Morgan fingerprint density at radius 1 is 1.28 bits per heavy atom. The van der Waals surface area contributed by atoms with Crippen molar-refractivity contribution < 1.29 is 14.1 Å². The minimum Gasteiger partial charge on any atom is -0.378 e. The number of carbonyl (C=O) groups is 1. The molecule has 0 saturated carbocycles. The molecule has 25 heavy (non-hydrogen) atoms. The Labute approximate surface area is 144 Å². The number of hydrogen-bond donors (Lipinski definition) is 1. The highest BCUT2D eigenvalue weighted by molar-refractivity contribution is 5.73. The lowest BCUT2D eigenvalue weighted by molar-refractivity contribution is -0.384. The van der Waals surface area contributed by atoms with Crippen LogP contribution in [-0.2, 0) is 11.3 Å². The van der Waals surface area contributed by atoms with E-state index in [1.165, 1.54) is 31.2 Å². The van der Waals surface area contributed by atoms with E-state index in [9.17, 15) is 19.3 Å². The van der Waals surface area contributed by atoms with Gasteiger partial charge in [-0.05, 0) is 41.8 Å². The molecule has 130 valence electrons. The van der Waals surface area contributed by atoms with Crippen LogP contribution in [-0.4, -0.2) is 22.3 Å². The Hall–Kier alpha value is -2.96. The number of anilines is 1. The molecule has 2 aromatic carbocycles. The molecule has 3 rings (SSSR count). The number of nitro benzene ring substituents is 1. The maximum Gasteiger partial charge on any atom is 0.269 e. The number of amides is 1. The fourth-order valence-electron chi connectivity index (χ4n) is 3.08. The molecule has 7 heteroatoms. The van der Waals surface area contributed by atoms with Gasteiger partial charge >= 0.3 is 0 Å². The van der Waals surface area contributed by atoms with Gasteiger partial charge in [-0.3, -0.25) is 14.9 Å². The third-order valence-electron chi connectivity index (χ3n) is 4.39. The van der Waals surface area contributed by atoms with E-state index in [0.29, 0.717) is 19.5 Å². The van der Waals surface area contributed by atoms with E-state index in [2.05, 4.69) is 5.32 Å². The first kappa shape index (κ1) is 16.9. The fraction of sp³-hybridized carbons (Fsp3) is 0.278. The van der Waals surface area contributed by atoms with Gasteiger partial charge in [0.15, 0.2) is 0 Å². The van der Waals surface area contributed by atoms with Gasteiger partial charge in [0.05, 0.1) is 11.0 Å². The first-order valence-corrected chi connectivity index (χ1v) is 7.99. The van der Waals surface area contributed by atoms with Gasteiger partial charge in [0.25, 0.3) is 5.69 Å². The summed E-state index contributed by atoms with van der Waals surface area (Å²) in [5, 5.41) is 14.1. The van der Waals surface area contributed by atoms with Crippen molar-refractivity contribution in [3.8, 4) is 0 Å². The first-order chi connectivity index (χ1) is 11.9. The lowest BCUT2D eigenvalue weighted by atomic mass is 9.99. The Kier molecular flexibility index (Phi) is 4.65. The number of fused-ring (bicyclic) bond motifs is 1. The maximum absolute atomic E-state index is 13.6. The first-order valence-electron chi connectivity index (χ1n) is 7.99. The van der Waals surface area contributed by atoms with Crippen LogP contribution in [0.5, 0.6) is 0 Å². The van der Waals surface area contributed by atoms with Crippen LogP contribution in [0.15, 0.2) is 42.5 Å². The van der Waals surface area contributed by atoms with Gasteiger partial charge in [0.2, 0.25) is 5.91 Å². The van der Waals surface area contributed by atoms with Crippen molar-refractivity contribution in [2.75, 3.05) is 11.9 Å². The second kappa shape index (κ2) is 6.88. The topological polar surface area (TPSA) is 75.5 Å². The summed E-state index contributed by atoms with van der Waals surface area (Å²) in [6.07, 6.45) is 0.662. The van der Waals surface area contributed by atoms with Gasteiger partial charge in [-0.15, -0.1) is 0 Å². The van der Waals surface area contributed by atoms with E-state index < -0.39 is 4.92 Å². The van der Waals surface area contributed by atoms with Gasteiger partial charge < -0.3 is 10.2 Å². The number of nitrogens with zero attached hydrogens (tertiary/aromatic N) is 2. The van der Waals surface area contributed by atoms with Crippen molar-refractivity contribution in [3.05, 3.63) is 69.5 Å². The zero-order chi connectivity index (χ0) is 18.0. The molecule has 0 aliphatic carbocycles. The molecule has 1 N–H and O–H groups in total. The van der Waals surface area contributed by atoms with Gasteiger partial charge in [-0.25, -0.2) is 4.39 Å². The number of rotatable bonds is 3.